The van der Waals surface area contributed by atoms with Gasteiger partial charge in [0.25, 0.3) is 0 Å². The van der Waals surface area contributed by atoms with Crippen molar-refractivity contribution < 1.29 is 19.4 Å². The quantitative estimate of drug-likeness (QED) is 0.844. The van der Waals surface area contributed by atoms with Crippen molar-refractivity contribution in [3.05, 3.63) is 22.4 Å². The molecule has 0 spiro atoms. The first-order chi connectivity index (χ1) is 10.0. The highest BCUT2D eigenvalue weighted by atomic mass is 32.1. The number of carboxylic acid groups (broad SMARTS) is 1. The number of morpholine rings is 1. The van der Waals surface area contributed by atoms with Crippen LogP contribution in [-0.4, -0.2) is 66.2 Å². The minimum absolute atomic E-state index is 0.0184. The highest BCUT2D eigenvalue weighted by molar-refractivity contribution is 7.07. The van der Waals surface area contributed by atoms with Crippen LogP contribution in [0.5, 0.6) is 0 Å². The van der Waals surface area contributed by atoms with Crippen LogP contribution in [0, 0.1) is 0 Å². The molecular weight excluding hydrogens is 292 g/mol. The van der Waals surface area contributed by atoms with E-state index in [1.165, 1.54) is 0 Å². The summed E-state index contributed by atoms with van der Waals surface area (Å²) in [4.78, 5) is 26.6. The first-order valence-corrected chi connectivity index (χ1v) is 7.79. The van der Waals surface area contributed by atoms with Gasteiger partial charge in [-0.05, 0) is 22.4 Å². The number of carbonyl (C=O) groups is 2. The van der Waals surface area contributed by atoms with Crippen LogP contribution in [0.2, 0.25) is 0 Å². The maximum atomic E-state index is 12.2. The smallest absolute Gasteiger partial charge is 0.306 e. The van der Waals surface area contributed by atoms with E-state index in [1.54, 1.807) is 23.3 Å². The molecule has 1 atom stereocenters. The summed E-state index contributed by atoms with van der Waals surface area (Å²) in [6.07, 6.45) is -0.346. The maximum absolute atomic E-state index is 12.2. The lowest BCUT2D eigenvalue weighted by Crippen LogP contribution is -2.47. The third kappa shape index (κ3) is 5.11. The zero-order valence-electron chi connectivity index (χ0n) is 12.0. The molecule has 1 aliphatic heterocycles. The molecule has 6 nitrogen and oxygen atoms in total. The van der Waals surface area contributed by atoms with Gasteiger partial charge in [0.2, 0.25) is 5.91 Å². The minimum atomic E-state index is -0.872. The van der Waals surface area contributed by atoms with Crippen molar-refractivity contribution in [2.24, 2.45) is 0 Å². The van der Waals surface area contributed by atoms with Crippen LogP contribution in [0.25, 0.3) is 0 Å². The van der Waals surface area contributed by atoms with Gasteiger partial charge in [0.1, 0.15) is 0 Å². The predicted molar refractivity (Wildman–Crippen MR) is 79.2 cm³/mol. The van der Waals surface area contributed by atoms with E-state index in [0.717, 1.165) is 5.56 Å². The van der Waals surface area contributed by atoms with Crippen LogP contribution in [0.15, 0.2) is 16.8 Å². The van der Waals surface area contributed by atoms with E-state index in [4.69, 9.17) is 9.84 Å². The van der Waals surface area contributed by atoms with Crippen LogP contribution < -0.4 is 0 Å². The topological polar surface area (TPSA) is 70.1 Å². The minimum Gasteiger partial charge on any atom is -0.481 e. The van der Waals surface area contributed by atoms with Gasteiger partial charge in [0.15, 0.2) is 0 Å². The molecule has 0 radical (unpaired) electrons. The molecule has 1 unspecified atom stereocenters. The number of carbonyl (C=O) groups excluding carboxylic acids is 1. The number of thiophene rings is 1. The van der Waals surface area contributed by atoms with Crippen molar-refractivity contribution in [3.63, 3.8) is 0 Å². The number of hydrogen-bond acceptors (Lipinski definition) is 5. The Labute approximate surface area is 127 Å². The number of carboxylic acids is 1. The molecule has 1 aromatic heterocycles. The molecule has 116 valence electrons. The van der Waals surface area contributed by atoms with Gasteiger partial charge < -0.3 is 14.7 Å². The molecule has 7 heteroatoms. The van der Waals surface area contributed by atoms with Crippen molar-refractivity contribution in [1.82, 2.24) is 9.80 Å². The molecule has 1 amide bonds. The summed E-state index contributed by atoms with van der Waals surface area (Å²) >= 11 is 1.61. The predicted octanol–water partition coefficient (Wildman–Crippen LogP) is 0.882. The highest BCUT2D eigenvalue weighted by Gasteiger charge is 2.24. The lowest BCUT2D eigenvalue weighted by atomic mass is 10.2. The zero-order chi connectivity index (χ0) is 15.2. The molecule has 0 aliphatic carbocycles. The number of amides is 1. The lowest BCUT2D eigenvalue weighted by molar-refractivity contribution is -0.142. The van der Waals surface area contributed by atoms with Crippen LogP contribution in [-0.2, 0) is 20.9 Å². The second kappa shape index (κ2) is 7.53. The third-order valence-corrected chi connectivity index (χ3v) is 4.14. The average Bonchev–Trinajstić information content (AvgIpc) is 2.91. The summed E-state index contributed by atoms with van der Waals surface area (Å²) in [6.45, 7) is 2.53. The lowest BCUT2D eigenvalue weighted by Gasteiger charge is -2.32. The van der Waals surface area contributed by atoms with Crippen molar-refractivity contribution in [1.29, 1.82) is 0 Å². The highest BCUT2D eigenvalue weighted by Crippen LogP contribution is 2.11. The van der Waals surface area contributed by atoms with Crippen molar-refractivity contribution in [2.75, 3.05) is 33.3 Å². The number of likely N-dealkylation sites (N-methyl/N-ethyl adjacent to an activating group) is 1. The molecule has 1 fully saturated rings. The molecular formula is C14H20N2O4S. The summed E-state index contributed by atoms with van der Waals surface area (Å²) in [6, 6.07) is 2.01. The Morgan fingerprint density at radius 3 is 3.05 bits per heavy atom. The number of ether oxygens (including phenoxy) is 1. The average molecular weight is 312 g/mol. The van der Waals surface area contributed by atoms with Gasteiger partial charge in [-0.2, -0.15) is 11.3 Å². The Morgan fingerprint density at radius 1 is 1.57 bits per heavy atom. The van der Waals surface area contributed by atoms with Gasteiger partial charge in [-0.3, -0.25) is 14.5 Å². The molecule has 21 heavy (non-hydrogen) atoms. The summed E-state index contributed by atoms with van der Waals surface area (Å²) in [7, 11) is 1.79. The van der Waals surface area contributed by atoms with Crippen LogP contribution in [0.3, 0.4) is 0 Å². The summed E-state index contributed by atoms with van der Waals surface area (Å²) in [5.74, 6) is -0.833. The third-order valence-electron chi connectivity index (χ3n) is 3.41. The Balaban J connectivity index is 1.79. The van der Waals surface area contributed by atoms with Crippen LogP contribution in [0.4, 0.5) is 0 Å². The van der Waals surface area contributed by atoms with E-state index in [1.807, 2.05) is 21.7 Å². The van der Waals surface area contributed by atoms with Crippen molar-refractivity contribution in [3.8, 4) is 0 Å². The van der Waals surface area contributed by atoms with Crippen molar-refractivity contribution in [2.45, 2.75) is 19.1 Å². The molecule has 1 aliphatic rings. The van der Waals surface area contributed by atoms with Crippen LogP contribution in [0.1, 0.15) is 12.0 Å². The Hall–Kier alpha value is -1.44. The summed E-state index contributed by atoms with van der Waals surface area (Å²) in [5.41, 5.74) is 1.13. The Bertz CT molecular complexity index is 477. The molecule has 0 saturated carbocycles. The molecule has 2 rings (SSSR count). The Kier molecular flexibility index (Phi) is 5.72. The van der Waals surface area contributed by atoms with E-state index < -0.39 is 5.97 Å². The zero-order valence-corrected chi connectivity index (χ0v) is 12.8. The first-order valence-electron chi connectivity index (χ1n) is 6.85. The normalized spacial score (nSPS) is 19.4. The van der Waals surface area contributed by atoms with Gasteiger partial charge in [-0.25, -0.2) is 0 Å². The van der Waals surface area contributed by atoms with E-state index >= 15 is 0 Å². The van der Waals surface area contributed by atoms with Gasteiger partial charge in [-0.1, -0.05) is 0 Å². The van der Waals surface area contributed by atoms with E-state index in [0.29, 0.717) is 32.8 Å². The fourth-order valence-corrected chi connectivity index (χ4v) is 2.96. The second-order valence-electron chi connectivity index (χ2n) is 5.21. The fraction of sp³-hybridized carbons (Fsp3) is 0.571. The van der Waals surface area contributed by atoms with E-state index in [9.17, 15) is 9.59 Å². The number of hydrogen-bond donors (Lipinski definition) is 1. The van der Waals surface area contributed by atoms with Gasteiger partial charge in [-0.15, -0.1) is 0 Å². The van der Waals surface area contributed by atoms with E-state index in [2.05, 4.69) is 0 Å². The van der Waals surface area contributed by atoms with Gasteiger partial charge in [0, 0.05) is 26.7 Å². The van der Waals surface area contributed by atoms with Gasteiger partial charge in [0.05, 0.1) is 25.7 Å². The fourth-order valence-electron chi connectivity index (χ4n) is 2.30. The largest absolute Gasteiger partial charge is 0.481 e. The monoisotopic (exact) mass is 312 g/mol. The molecule has 0 aromatic carbocycles. The molecule has 1 aromatic rings. The second-order valence-corrected chi connectivity index (χ2v) is 5.99. The van der Waals surface area contributed by atoms with Crippen LogP contribution >= 0.6 is 11.3 Å². The maximum Gasteiger partial charge on any atom is 0.306 e. The summed E-state index contributed by atoms with van der Waals surface area (Å²) in [5, 5.41) is 12.8. The summed E-state index contributed by atoms with van der Waals surface area (Å²) < 4.78 is 5.40. The molecule has 0 bridgehead atoms. The molecule has 1 N–H and O–H groups in total. The molecule has 2 heterocycles. The Morgan fingerprint density at radius 2 is 2.38 bits per heavy atom. The van der Waals surface area contributed by atoms with Gasteiger partial charge >= 0.3 is 5.97 Å². The molecule has 1 saturated heterocycles. The number of nitrogens with zero attached hydrogens (tertiary/aromatic N) is 2. The SMILES string of the molecule is CN(Cc1ccsc1)C(=O)CN1CCOC(CC(=O)O)C1. The van der Waals surface area contributed by atoms with Crippen molar-refractivity contribution >= 4 is 23.2 Å². The van der Waals surface area contributed by atoms with E-state index in [-0.39, 0.29) is 18.4 Å². The number of aliphatic carboxylic acids is 1. The standard InChI is InChI=1S/C14H20N2O4S/c1-15(7-11-2-5-21-10-11)13(17)9-16-3-4-20-12(8-16)6-14(18)19/h2,5,10,12H,3-4,6-9H2,1H3,(H,18,19). The number of rotatable bonds is 6. The first kappa shape index (κ1) is 15.9.